The maximum Gasteiger partial charge on any atom is 0.229 e. The van der Waals surface area contributed by atoms with Gasteiger partial charge in [-0.2, -0.15) is 0 Å². The van der Waals surface area contributed by atoms with Crippen LogP contribution in [0.4, 0.5) is 11.5 Å². The zero-order chi connectivity index (χ0) is 18.2. The molecule has 0 radical (unpaired) electrons. The molecule has 1 unspecified atom stereocenters. The van der Waals surface area contributed by atoms with E-state index in [0.29, 0.717) is 27.5 Å². The lowest BCUT2D eigenvalue weighted by molar-refractivity contribution is 0.604. The Balaban J connectivity index is 1.91. The molecule has 0 saturated carbocycles. The van der Waals surface area contributed by atoms with Gasteiger partial charge in [0.25, 0.3) is 0 Å². The second-order valence-corrected chi connectivity index (χ2v) is 8.73. The van der Waals surface area contributed by atoms with Gasteiger partial charge in [0.2, 0.25) is 10.0 Å². The van der Waals surface area contributed by atoms with E-state index in [-0.39, 0.29) is 16.2 Å². The SMILES string of the molecule is CC(Sc1nc(N)cc(Cl)n1)c1cc2c(NS(C)(=O)=O)coc2cn1. The number of hydrogen-bond donors (Lipinski definition) is 2. The van der Waals surface area contributed by atoms with Crippen molar-refractivity contribution in [3.05, 3.63) is 35.4 Å². The first kappa shape index (κ1) is 17.8. The van der Waals surface area contributed by atoms with Gasteiger partial charge in [0.05, 0.1) is 29.1 Å². The predicted octanol–water partition coefficient (Wildman–Crippen LogP) is 3.08. The molecule has 1 atom stereocenters. The van der Waals surface area contributed by atoms with E-state index in [2.05, 4.69) is 19.7 Å². The van der Waals surface area contributed by atoms with Crippen LogP contribution in [0.15, 0.2) is 34.2 Å². The summed E-state index contributed by atoms with van der Waals surface area (Å²) in [5.41, 5.74) is 7.22. The first-order valence-electron chi connectivity index (χ1n) is 7.03. The number of halogens is 1. The van der Waals surface area contributed by atoms with E-state index in [4.69, 9.17) is 21.8 Å². The van der Waals surface area contributed by atoms with Crippen molar-refractivity contribution in [2.45, 2.75) is 17.3 Å². The minimum atomic E-state index is -3.41. The van der Waals surface area contributed by atoms with E-state index >= 15 is 0 Å². The summed E-state index contributed by atoms with van der Waals surface area (Å²) in [4.78, 5) is 12.6. The van der Waals surface area contributed by atoms with E-state index in [1.165, 1.54) is 24.1 Å². The predicted molar refractivity (Wildman–Crippen MR) is 98.2 cm³/mol. The van der Waals surface area contributed by atoms with Gasteiger partial charge in [0.1, 0.15) is 17.2 Å². The first-order chi connectivity index (χ1) is 11.7. The zero-order valence-corrected chi connectivity index (χ0v) is 15.6. The number of nitrogens with zero attached hydrogens (tertiary/aromatic N) is 3. The number of nitrogens with one attached hydrogen (secondary N) is 1. The highest BCUT2D eigenvalue weighted by Gasteiger charge is 2.16. The maximum absolute atomic E-state index is 11.5. The quantitative estimate of drug-likeness (QED) is 0.381. The van der Waals surface area contributed by atoms with E-state index in [0.717, 1.165) is 6.26 Å². The monoisotopic (exact) mass is 399 g/mol. The Kier molecular flexibility index (Phi) is 4.76. The standard InChI is InChI=1S/C14H14ClN5O3S2/c1-7(24-14-18-12(15)4-13(16)19-14)9-3-8-10(20-25(2,21)22)6-23-11(8)5-17-9/h3-7,20H,1-2H3,(H2,16,18,19). The Morgan fingerprint density at radius 2 is 2.12 bits per heavy atom. The molecule has 3 rings (SSSR count). The van der Waals surface area contributed by atoms with Gasteiger partial charge in [-0.3, -0.25) is 9.71 Å². The first-order valence-corrected chi connectivity index (χ1v) is 10.2. The van der Waals surface area contributed by atoms with Crippen molar-refractivity contribution in [1.29, 1.82) is 0 Å². The van der Waals surface area contributed by atoms with Gasteiger partial charge in [-0.05, 0) is 13.0 Å². The molecule has 0 fully saturated rings. The minimum absolute atomic E-state index is 0.122. The highest BCUT2D eigenvalue weighted by Crippen LogP contribution is 2.35. The molecule has 3 heterocycles. The third-order valence-corrected chi connectivity index (χ3v) is 4.94. The molecule has 132 valence electrons. The smallest absolute Gasteiger partial charge is 0.229 e. The molecule has 0 aliphatic carbocycles. The second kappa shape index (κ2) is 6.70. The van der Waals surface area contributed by atoms with Crippen molar-refractivity contribution in [1.82, 2.24) is 15.0 Å². The molecule has 11 heteroatoms. The summed E-state index contributed by atoms with van der Waals surface area (Å²) in [6.45, 7) is 1.92. The third-order valence-electron chi connectivity index (χ3n) is 3.17. The van der Waals surface area contributed by atoms with Crippen LogP contribution in [0.5, 0.6) is 0 Å². The number of nitrogens with two attached hydrogens (primary N) is 1. The molecule has 0 aromatic carbocycles. The van der Waals surface area contributed by atoms with Crippen LogP contribution in [0.3, 0.4) is 0 Å². The van der Waals surface area contributed by atoms with Crippen molar-refractivity contribution < 1.29 is 12.8 Å². The van der Waals surface area contributed by atoms with Gasteiger partial charge in [-0.1, -0.05) is 23.4 Å². The summed E-state index contributed by atoms with van der Waals surface area (Å²) in [7, 11) is -3.41. The van der Waals surface area contributed by atoms with Crippen LogP contribution in [0.1, 0.15) is 17.9 Å². The lowest BCUT2D eigenvalue weighted by Crippen LogP contribution is -2.09. The maximum atomic E-state index is 11.5. The van der Waals surface area contributed by atoms with Gasteiger partial charge in [-0.15, -0.1) is 0 Å². The number of rotatable bonds is 5. The highest BCUT2D eigenvalue weighted by molar-refractivity contribution is 7.99. The molecule has 3 aromatic heterocycles. The molecule has 25 heavy (non-hydrogen) atoms. The Bertz CT molecular complexity index is 1020. The molecule has 0 aliphatic heterocycles. The minimum Gasteiger partial charge on any atom is -0.460 e. The molecule has 0 aliphatic rings. The number of furan rings is 1. The molecule has 3 aromatic rings. The lowest BCUT2D eigenvalue weighted by Gasteiger charge is -2.10. The van der Waals surface area contributed by atoms with E-state index in [1.54, 1.807) is 12.3 Å². The van der Waals surface area contributed by atoms with Crippen LogP contribution in [-0.2, 0) is 10.0 Å². The summed E-state index contributed by atoms with van der Waals surface area (Å²) in [5.74, 6) is 0.285. The number of nitrogen functional groups attached to an aromatic ring is 1. The van der Waals surface area contributed by atoms with Crippen molar-refractivity contribution in [2.75, 3.05) is 16.7 Å². The van der Waals surface area contributed by atoms with Gasteiger partial charge >= 0.3 is 0 Å². The molecule has 8 nitrogen and oxygen atoms in total. The summed E-state index contributed by atoms with van der Waals surface area (Å²) < 4.78 is 30.7. The number of hydrogen-bond acceptors (Lipinski definition) is 8. The summed E-state index contributed by atoms with van der Waals surface area (Å²) in [5, 5.41) is 1.19. The van der Waals surface area contributed by atoms with Crippen molar-refractivity contribution in [3.8, 4) is 0 Å². The van der Waals surface area contributed by atoms with Crippen molar-refractivity contribution in [3.63, 3.8) is 0 Å². The summed E-state index contributed by atoms with van der Waals surface area (Å²) in [6, 6.07) is 3.23. The van der Waals surface area contributed by atoms with Gasteiger partial charge < -0.3 is 10.2 Å². The Morgan fingerprint density at radius 3 is 2.80 bits per heavy atom. The molecule has 0 bridgehead atoms. The highest BCUT2D eigenvalue weighted by atomic mass is 35.5. The Morgan fingerprint density at radius 1 is 1.36 bits per heavy atom. The number of sulfonamides is 1. The Hall–Kier alpha value is -2.04. The Labute approximate surface area is 153 Å². The average molecular weight is 400 g/mol. The summed E-state index contributed by atoms with van der Waals surface area (Å²) in [6.07, 6.45) is 3.96. The lowest BCUT2D eigenvalue weighted by atomic mass is 10.2. The van der Waals surface area contributed by atoms with E-state index in [9.17, 15) is 8.42 Å². The molecular weight excluding hydrogens is 386 g/mol. The number of anilines is 2. The van der Waals surface area contributed by atoms with Crippen LogP contribution in [0, 0.1) is 0 Å². The van der Waals surface area contributed by atoms with Crippen LogP contribution < -0.4 is 10.5 Å². The van der Waals surface area contributed by atoms with Crippen LogP contribution in [0.25, 0.3) is 11.0 Å². The molecule has 0 amide bonds. The van der Waals surface area contributed by atoms with Crippen LogP contribution >= 0.6 is 23.4 Å². The fraction of sp³-hybridized carbons (Fsp3) is 0.214. The van der Waals surface area contributed by atoms with Crippen LogP contribution in [0.2, 0.25) is 5.15 Å². The second-order valence-electron chi connectivity index (χ2n) is 5.29. The van der Waals surface area contributed by atoms with Crippen LogP contribution in [-0.4, -0.2) is 29.6 Å². The van der Waals surface area contributed by atoms with Gasteiger partial charge in [-0.25, -0.2) is 18.4 Å². The fourth-order valence-electron chi connectivity index (χ4n) is 2.13. The van der Waals surface area contributed by atoms with Gasteiger partial charge in [0, 0.05) is 11.5 Å². The van der Waals surface area contributed by atoms with Crippen molar-refractivity contribution in [2.24, 2.45) is 0 Å². The fourth-order valence-corrected chi connectivity index (χ4v) is 3.81. The molecule has 0 spiro atoms. The van der Waals surface area contributed by atoms with Gasteiger partial charge in [0.15, 0.2) is 10.7 Å². The van der Waals surface area contributed by atoms with Crippen molar-refractivity contribution >= 4 is 55.9 Å². The number of thioether (sulfide) groups is 1. The van der Waals surface area contributed by atoms with E-state index < -0.39 is 10.0 Å². The molecule has 0 saturated heterocycles. The number of fused-ring (bicyclic) bond motifs is 1. The normalized spacial score (nSPS) is 13.1. The summed E-state index contributed by atoms with van der Waals surface area (Å²) >= 11 is 7.22. The average Bonchev–Trinajstić information content (AvgIpc) is 2.86. The largest absolute Gasteiger partial charge is 0.460 e. The van der Waals surface area contributed by atoms with E-state index in [1.807, 2.05) is 6.92 Å². The number of pyridine rings is 1. The molecule has 3 N–H and O–H groups in total. The topological polar surface area (TPSA) is 124 Å². The third kappa shape index (κ3) is 4.33. The number of aromatic nitrogens is 3. The zero-order valence-electron chi connectivity index (χ0n) is 13.2. The molecular formula is C14H14ClN5O3S2.